The van der Waals surface area contributed by atoms with E-state index in [1.54, 1.807) is 12.1 Å². The minimum Gasteiger partial charge on any atom is -0.502 e. The first-order chi connectivity index (χ1) is 7.72. The van der Waals surface area contributed by atoms with Crippen LogP contribution in [0.2, 0.25) is 0 Å². The van der Waals surface area contributed by atoms with Crippen molar-refractivity contribution < 1.29 is 14.6 Å². The Balaban J connectivity index is 2.84. The summed E-state index contributed by atoms with van der Waals surface area (Å²) in [6.45, 7) is 3.82. The third kappa shape index (κ3) is 3.03. The predicted molar refractivity (Wildman–Crippen MR) is 63.2 cm³/mol. The van der Waals surface area contributed by atoms with E-state index in [0.29, 0.717) is 11.5 Å². The number of methoxy groups -OCH3 is 2. The van der Waals surface area contributed by atoms with Gasteiger partial charge in [0.2, 0.25) is 5.75 Å². The Morgan fingerprint density at radius 1 is 1.19 bits per heavy atom. The van der Waals surface area contributed by atoms with Crippen LogP contribution in [0.25, 0.3) is 0 Å². The highest BCUT2D eigenvalue weighted by molar-refractivity contribution is 5.52. The van der Waals surface area contributed by atoms with Crippen LogP contribution < -0.4 is 14.8 Å². The number of hydrogen-bond donors (Lipinski definition) is 2. The summed E-state index contributed by atoms with van der Waals surface area (Å²) in [6.07, 6.45) is 1.09. The predicted octanol–water partition coefficient (Wildman–Crippen LogP) is 1.91. The molecule has 90 valence electrons. The first-order valence-electron chi connectivity index (χ1n) is 5.37. The van der Waals surface area contributed by atoms with Crippen LogP contribution in [-0.2, 0) is 6.54 Å². The van der Waals surface area contributed by atoms with Gasteiger partial charge in [-0.3, -0.25) is 0 Å². The van der Waals surface area contributed by atoms with Crippen molar-refractivity contribution in [1.82, 2.24) is 5.32 Å². The molecule has 1 rings (SSSR count). The number of phenolic OH excluding ortho intramolecular Hbond substituents is 1. The van der Waals surface area contributed by atoms with E-state index < -0.39 is 0 Å². The van der Waals surface area contributed by atoms with Crippen molar-refractivity contribution in [1.29, 1.82) is 0 Å². The largest absolute Gasteiger partial charge is 0.502 e. The second kappa shape index (κ2) is 6.23. The van der Waals surface area contributed by atoms with Crippen LogP contribution >= 0.6 is 0 Å². The molecule has 0 saturated carbocycles. The molecule has 0 saturated heterocycles. The molecule has 1 aromatic rings. The van der Waals surface area contributed by atoms with Crippen LogP contribution in [-0.4, -0.2) is 25.9 Å². The number of aromatic hydroxyl groups is 1. The summed E-state index contributed by atoms with van der Waals surface area (Å²) in [5, 5.41) is 13.0. The highest BCUT2D eigenvalue weighted by atomic mass is 16.5. The van der Waals surface area contributed by atoms with Crippen LogP contribution in [0.15, 0.2) is 12.1 Å². The normalized spacial score (nSPS) is 10.2. The number of phenols is 1. The van der Waals surface area contributed by atoms with Crippen molar-refractivity contribution in [3.05, 3.63) is 17.7 Å². The van der Waals surface area contributed by atoms with Crippen molar-refractivity contribution in [2.75, 3.05) is 20.8 Å². The second-order valence-electron chi connectivity index (χ2n) is 3.53. The molecule has 0 fully saturated rings. The van der Waals surface area contributed by atoms with Gasteiger partial charge in [-0.25, -0.2) is 0 Å². The summed E-state index contributed by atoms with van der Waals surface area (Å²) < 4.78 is 10.2. The van der Waals surface area contributed by atoms with Crippen LogP contribution in [0.1, 0.15) is 18.9 Å². The highest BCUT2D eigenvalue weighted by Gasteiger charge is 2.10. The maximum Gasteiger partial charge on any atom is 0.200 e. The van der Waals surface area contributed by atoms with E-state index in [4.69, 9.17) is 9.47 Å². The van der Waals surface area contributed by atoms with Gasteiger partial charge in [0.15, 0.2) is 11.5 Å². The topological polar surface area (TPSA) is 50.7 Å². The number of rotatable bonds is 6. The fourth-order valence-electron chi connectivity index (χ4n) is 1.46. The Morgan fingerprint density at radius 2 is 1.75 bits per heavy atom. The zero-order valence-electron chi connectivity index (χ0n) is 10.0. The molecular formula is C12H19NO3. The van der Waals surface area contributed by atoms with E-state index in [-0.39, 0.29) is 5.75 Å². The van der Waals surface area contributed by atoms with E-state index in [0.717, 1.165) is 25.1 Å². The van der Waals surface area contributed by atoms with Crippen molar-refractivity contribution in [2.24, 2.45) is 0 Å². The van der Waals surface area contributed by atoms with Crippen molar-refractivity contribution in [2.45, 2.75) is 19.9 Å². The Kier molecular flexibility index (Phi) is 4.92. The lowest BCUT2D eigenvalue weighted by Gasteiger charge is -2.11. The Morgan fingerprint density at radius 3 is 2.19 bits per heavy atom. The maximum atomic E-state index is 9.71. The standard InChI is InChI=1S/C12H19NO3/c1-4-5-13-8-9-6-10(15-2)12(14)11(7-9)16-3/h6-7,13-14H,4-5,8H2,1-3H3. The average molecular weight is 225 g/mol. The van der Waals surface area contributed by atoms with E-state index in [2.05, 4.69) is 12.2 Å². The van der Waals surface area contributed by atoms with Crippen LogP contribution in [0, 0.1) is 0 Å². The molecule has 4 nitrogen and oxygen atoms in total. The molecule has 16 heavy (non-hydrogen) atoms. The fraction of sp³-hybridized carbons (Fsp3) is 0.500. The minimum atomic E-state index is 0.0456. The molecular weight excluding hydrogens is 206 g/mol. The fourth-order valence-corrected chi connectivity index (χ4v) is 1.46. The molecule has 0 atom stereocenters. The molecule has 0 spiro atoms. The summed E-state index contributed by atoms with van der Waals surface area (Å²) in [5.74, 6) is 0.921. The van der Waals surface area contributed by atoms with Gasteiger partial charge in [0.05, 0.1) is 14.2 Å². The highest BCUT2D eigenvalue weighted by Crippen LogP contribution is 2.36. The van der Waals surface area contributed by atoms with Crippen LogP contribution in [0.3, 0.4) is 0 Å². The quantitative estimate of drug-likeness (QED) is 0.726. The molecule has 2 N–H and O–H groups in total. The van der Waals surface area contributed by atoms with Gasteiger partial charge in [0.25, 0.3) is 0 Å². The van der Waals surface area contributed by atoms with Crippen LogP contribution in [0.5, 0.6) is 17.2 Å². The van der Waals surface area contributed by atoms with Gasteiger partial charge in [0, 0.05) is 6.54 Å². The SMILES string of the molecule is CCCNCc1cc(OC)c(O)c(OC)c1. The molecule has 0 radical (unpaired) electrons. The van der Waals surface area contributed by atoms with Gasteiger partial charge in [-0.15, -0.1) is 0 Å². The number of benzene rings is 1. The third-order valence-electron chi connectivity index (χ3n) is 2.30. The molecule has 0 aliphatic carbocycles. The van der Waals surface area contributed by atoms with Gasteiger partial charge < -0.3 is 19.9 Å². The monoisotopic (exact) mass is 225 g/mol. The molecule has 0 aliphatic rings. The van der Waals surface area contributed by atoms with Gasteiger partial charge in [-0.05, 0) is 30.7 Å². The Labute approximate surface area is 96.2 Å². The summed E-state index contributed by atoms with van der Waals surface area (Å²) in [4.78, 5) is 0. The molecule has 4 heteroatoms. The molecule has 0 aliphatic heterocycles. The van der Waals surface area contributed by atoms with Crippen LogP contribution in [0.4, 0.5) is 0 Å². The smallest absolute Gasteiger partial charge is 0.200 e. The van der Waals surface area contributed by atoms with Gasteiger partial charge >= 0.3 is 0 Å². The Hall–Kier alpha value is -1.42. The zero-order valence-corrected chi connectivity index (χ0v) is 10.0. The molecule has 0 bridgehead atoms. The maximum absolute atomic E-state index is 9.71. The molecule has 0 heterocycles. The van der Waals surface area contributed by atoms with Crippen molar-refractivity contribution >= 4 is 0 Å². The lowest BCUT2D eigenvalue weighted by Crippen LogP contribution is -2.13. The van der Waals surface area contributed by atoms with E-state index in [1.165, 1.54) is 14.2 Å². The van der Waals surface area contributed by atoms with Gasteiger partial charge in [-0.2, -0.15) is 0 Å². The Bertz CT molecular complexity index is 314. The lowest BCUT2D eigenvalue weighted by molar-refractivity contribution is 0.339. The van der Waals surface area contributed by atoms with E-state index in [1.807, 2.05) is 0 Å². The average Bonchev–Trinajstić information content (AvgIpc) is 2.31. The second-order valence-corrected chi connectivity index (χ2v) is 3.53. The first-order valence-corrected chi connectivity index (χ1v) is 5.37. The third-order valence-corrected chi connectivity index (χ3v) is 2.30. The number of hydrogen-bond acceptors (Lipinski definition) is 4. The molecule has 0 aromatic heterocycles. The number of nitrogens with one attached hydrogen (secondary N) is 1. The summed E-state index contributed by atoms with van der Waals surface area (Å²) >= 11 is 0. The molecule has 0 amide bonds. The van der Waals surface area contributed by atoms with Crippen molar-refractivity contribution in [3.8, 4) is 17.2 Å². The van der Waals surface area contributed by atoms with Crippen molar-refractivity contribution in [3.63, 3.8) is 0 Å². The van der Waals surface area contributed by atoms with Gasteiger partial charge in [-0.1, -0.05) is 6.92 Å². The molecule has 0 unspecified atom stereocenters. The number of ether oxygens (including phenoxy) is 2. The molecule has 1 aromatic carbocycles. The summed E-state index contributed by atoms with van der Waals surface area (Å²) in [5.41, 5.74) is 1.03. The van der Waals surface area contributed by atoms with Gasteiger partial charge in [0.1, 0.15) is 0 Å². The van der Waals surface area contributed by atoms with E-state index >= 15 is 0 Å². The minimum absolute atomic E-state index is 0.0456. The zero-order chi connectivity index (χ0) is 12.0. The summed E-state index contributed by atoms with van der Waals surface area (Å²) in [7, 11) is 3.05. The van der Waals surface area contributed by atoms with E-state index in [9.17, 15) is 5.11 Å². The first kappa shape index (κ1) is 12.6. The summed E-state index contributed by atoms with van der Waals surface area (Å²) in [6, 6.07) is 3.61. The lowest BCUT2D eigenvalue weighted by atomic mass is 10.2.